The van der Waals surface area contributed by atoms with Crippen molar-refractivity contribution in [2.24, 2.45) is 0 Å². The van der Waals surface area contributed by atoms with Gasteiger partial charge in [-0.1, -0.05) is 0 Å². The molecule has 78 valence electrons. The zero-order valence-electron chi connectivity index (χ0n) is 6.94. The monoisotopic (exact) mass is 218 g/mol. The molecule has 0 fully saturated rings. The van der Waals surface area contributed by atoms with Crippen molar-refractivity contribution in [2.75, 3.05) is 0 Å². The van der Waals surface area contributed by atoms with Crippen LogP contribution in [-0.4, -0.2) is 10.2 Å². The Kier molecular flexibility index (Phi) is 1.95. The van der Waals surface area contributed by atoms with E-state index in [2.05, 4.69) is 5.10 Å². The molecule has 0 saturated heterocycles. The van der Waals surface area contributed by atoms with Gasteiger partial charge in [0.2, 0.25) is 0 Å². The Morgan fingerprint density at radius 1 is 1.00 bits per heavy atom. The molecule has 3 nitrogen and oxygen atoms in total. The zero-order valence-corrected chi connectivity index (χ0v) is 6.94. The van der Waals surface area contributed by atoms with Crippen molar-refractivity contribution in [2.45, 2.75) is 0 Å². The van der Waals surface area contributed by atoms with E-state index in [1.54, 1.807) is 5.10 Å². The Morgan fingerprint density at radius 2 is 1.60 bits per heavy atom. The van der Waals surface area contributed by atoms with E-state index in [0.29, 0.717) is 6.07 Å². The second kappa shape index (κ2) is 3.04. The van der Waals surface area contributed by atoms with Gasteiger partial charge in [0.05, 0.1) is 0 Å². The average Bonchev–Trinajstić information content (AvgIpc) is 2.23. The van der Waals surface area contributed by atoms with E-state index in [1.807, 2.05) is 0 Å². The minimum absolute atomic E-state index is 0.600. The van der Waals surface area contributed by atoms with E-state index in [9.17, 15) is 22.4 Å². The lowest BCUT2D eigenvalue weighted by Crippen LogP contribution is -2.09. The summed E-state index contributed by atoms with van der Waals surface area (Å²) in [6.45, 7) is 0. The van der Waals surface area contributed by atoms with Crippen molar-refractivity contribution in [3.05, 3.63) is 39.7 Å². The largest absolute Gasteiger partial charge is 0.268 e. The zero-order chi connectivity index (χ0) is 11.2. The van der Waals surface area contributed by atoms with Gasteiger partial charge in [0.15, 0.2) is 23.3 Å². The molecular weight excluding hydrogens is 216 g/mol. The van der Waals surface area contributed by atoms with E-state index in [-0.39, 0.29) is 0 Å². The summed E-state index contributed by atoms with van der Waals surface area (Å²) in [7, 11) is 0. The van der Waals surface area contributed by atoms with Gasteiger partial charge in [-0.15, -0.1) is 0 Å². The fourth-order valence-corrected chi connectivity index (χ4v) is 1.15. The fraction of sp³-hybridized carbons (Fsp3) is 0. The van der Waals surface area contributed by atoms with Crippen LogP contribution in [0.2, 0.25) is 0 Å². The Bertz CT molecular complexity index is 608. The first-order valence-electron chi connectivity index (χ1n) is 3.73. The highest BCUT2D eigenvalue weighted by molar-refractivity contribution is 5.79. The highest BCUT2D eigenvalue weighted by atomic mass is 19.2. The van der Waals surface area contributed by atoms with Crippen molar-refractivity contribution in [1.82, 2.24) is 10.2 Å². The summed E-state index contributed by atoms with van der Waals surface area (Å²) in [5.41, 5.74) is -1.60. The highest BCUT2D eigenvalue weighted by Crippen LogP contribution is 2.23. The molecule has 0 unspecified atom stereocenters. The van der Waals surface area contributed by atoms with Gasteiger partial charge in [-0.25, -0.2) is 22.7 Å². The molecule has 0 aliphatic carbocycles. The first-order chi connectivity index (χ1) is 7.02. The summed E-state index contributed by atoms with van der Waals surface area (Å²) >= 11 is 0. The molecule has 0 bridgehead atoms. The van der Waals surface area contributed by atoms with Crippen LogP contribution >= 0.6 is 0 Å². The number of aromatic nitrogens is 2. The van der Waals surface area contributed by atoms with Crippen LogP contribution in [0.5, 0.6) is 0 Å². The van der Waals surface area contributed by atoms with Gasteiger partial charge in [0.1, 0.15) is 5.52 Å². The number of hydrogen-bond acceptors (Lipinski definition) is 2. The minimum Gasteiger partial charge on any atom is -0.268 e. The number of rotatable bonds is 0. The van der Waals surface area contributed by atoms with E-state index in [1.165, 1.54) is 0 Å². The van der Waals surface area contributed by atoms with Crippen LogP contribution in [0.1, 0.15) is 0 Å². The molecule has 7 heteroatoms. The normalized spacial score (nSPS) is 10.9. The Morgan fingerprint density at radius 3 is 2.27 bits per heavy atom. The number of fused-ring (bicyclic) bond motifs is 1. The van der Waals surface area contributed by atoms with Gasteiger partial charge in [-0.05, 0) is 0 Å². The van der Waals surface area contributed by atoms with Crippen LogP contribution < -0.4 is 5.56 Å². The van der Waals surface area contributed by atoms with E-state index < -0.39 is 39.7 Å². The first kappa shape index (κ1) is 9.63. The summed E-state index contributed by atoms with van der Waals surface area (Å²) in [5, 5.41) is 4.17. The van der Waals surface area contributed by atoms with Gasteiger partial charge in [-0.2, -0.15) is 5.10 Å². The summed E-state index contributed by atoms with van der Waals surface area (Å²) in [6.07, 6.45) is 0. The second-order valence-electron chi connectivity index (χ2n) is 2.75. The maximum Gasteiger partial charge on any atom is 0.264 e. The molecule has 0 atom stereocenters. The third-order valence-electron chi connectivity index (χ3n) is 1.83. The third-order valence-corrected chi connectivity index (χ3v) is 1.83. The molecule has 2 rings (SSSR count). The van der Waals surface area contributed by atoms with Crippen LogP contribution in [0.25, 0.3) is 10.9 Å². The molecule has 1 aromatic carbocycles. The number of hydrogen-bond donors (Lipinski definition) is 1. The maximum absolute atomic E-state index is 13.0. The molecular formula is C8H2F4N2O. The van der Waals surface area contributed by atoms with Crippen LogP contribution in [0.3, 0.4) is 0 Å². The summed E-state index contributed by atoms with van der Waals surface area (Å²) in [5.74, 6) is -7.20. The van der Waals surface area contributed by atoms with E-state index in [4.69, 9.17) is 0 Å². The number of H-pyrrole nitrogens is 1. The smallest absolute Gasteiger partial charge is 0.264 e. The molecule has 0 saturated carbocycles. The summed E-state index contributed by atoms with van der Waals surface area (Å²) < 4.78 is 51.5. The Labute approximate surface area is 79.3 Å². The highest BCUT2D eigenvalue weighted by Gasteiger charge is 2.21. The van der Waals surface area contributed by atoms with Crippen LogP contribution in [0.4, 0.5) is 17.6 Å². The number of aromatic amines is 1. The molecule has 2 aromatic rings. The fourth-order valence-electron chi connectivity index (χ4n) is 1.15. The van der Waals surface area contributed by atoms with Gasteiger partial charge in [0, 0.05) is 11.5 Å². The number of nitrogens with one attached hydrogen (secondary N) is 1. The SMILES string of the molecule is O=c1cc2c(F)c(F)c(F)c(F)c2n[nH]1. The third kappa shape index (κ3) is 1.27. The number of halogens is 4. The molecule has 0 spiro atoms. The Balaban J connectivity index is 3.07. The average molecular weight is 218 g/mol. The quantitative estimate of drug-likeness (QED) is 0.413. The lowest BCUT2D eigenvalue weighted by atomic mass is 10.2. The number of benzene rings is 1. The van der Waals surface area contributed by atoms with Crippen molar-refractivity contribution in [1.29, 1.82) is 0 Å². The van der Waals surface area contributed by atoms with Crippen LogP contribution in [0.15, 0.2) is 10.9 Å². The maximum atomic E-state index is 13.0. The molecule has 1 heterocycles. The van der Waals surface area contributed by atoms with Crippen LogP contribution in [0, 0.1) is 23.3 Å². The number of nitrogens with zero attached hydrogens (tertiary/aromatic N) is 1. The van der Waals surface area contributed by atoms with Crippen molar-refractivity contribution >= 4 is 10.9 Å². The van der Waals surface area contributed by atoms with E-state index >= 15 is 0 Å². The van der Waals surface area contributed by atoms with Crippen LogP contribution in [-0.2, 0) is 0 Å². The van der Waals surface area contributed by atoms with Gasteiger partial charge >= 0.3 is 0 Å². The summed E-state index contributed by atoms with van der Waals surface area (Å²) in [4.78, 5) is 10.7. The molecule has 0 radical (unpaired) electrons. The minimum atomic E-state index is -1.97. The van der Waals surface area contributed by atoms with Gasteiger partial charge in [0.25, 0.3) is 5.56 Å². The van der Waals surface area contributed by atoms with Crippen molar-refractivity contribution in [3.8, 4) is 0 Å². The standard InChI is InChI=1S/C8H2F4N2O/c9-4-2-1-3(15)13-14-8(2)7(12)6(11)5(4)10/h1H,(H,13,15). The van der Waals surface area contributed by atoms with Crippen molar-refractivity contribution < 1.29 is 17.6 Å². The lowest BCUT2D eigenvalue weighted by Gasteiger charge is -2.01. The second-order valence-corrected chi connectivity index (χ2v) is 2.75. The molecule has 15 heavy (non-hydrogen) atoms. The summed E-state index contributed by atoms with van der Waals surface area (Å²) in [6, 6.07) is 0.600. The first-order valence-corrected chi connectivity index (χ1v) is 3.73. The molecule has 0 aliphatic heterocycles. The molecule has 0 aliphatic rings. The van der Waals surface area contributed by atoms with Crippen molar-refractivity contribution in [3.63, 3.8) is 0 Å². The van der Waals surface area contributed by atoms with E-state index in [0.717, 1.165) is 0 Å². The van der Waals surface area contributed by atoms with Gasteiger partial charge in [-0.3, -0.25) is 4.79 Å². The molecule has 1 aromatic heterocycles. The Hall–Kier alpha value is -1.92. The van der Waals surface area contributed by atoms with Gasteiger partial charge < -0.3 is 0 Å². The topological polar surface area (TPSA) is 45.8 Å². The predicted molar refractivity (Wildman–Crippen MR) is 42.2 cm³/mol. The lowest BCUT2D eigenvalue weighted by molar-refractivity contribution is 0.416. The predicted octanol–water partition coefficient (Wildman–Crippen LogP) is 1.48. The molecule has 0 amide bonds. The molecule has 1 N–H and O–H groups in total.